The Labute approximate surface area is 108 Å². The zero-order valence-corrected chi connectivity index (χ0v) is 9.75. The number of ketones is 2. The van der Waals surface area contributed by atoms with Gasteiger partial charge < -0.3 is 0 Å². The number of carbonyl (C=O) groups is 2. The van der Waals surface area contributed by atoms with Crippen molar-refractivity contribution in [1.82, 2.24) is 0 Å². The third kappa shape index (κ3) is 2.12. The van der Waals surface area contributed by atoms with Crippen LogP contribution in [-0.4, -0.2) is 17.7 Å². The number of carbonyl (C=O) groups excluding carboxylic acids is 4. The lowest BCUT2D eigenvalue weighted by Crippen LogP contribution is -2.20. The largest absolute Gasteiger partial charge is 0.373 e. The van der Waals surface area contributed by atoms with Gasteiger partial charge in [0, 0.05) is 22.3 Å². The molecule has 0 aromatic heterocycles. The minimum absolute atomic E-state index is 0.0641. The van der Waals surface area contributed by atoms with Crippen molar-refractivity contribution in [2.45, 2.75) is 0 Å². The highest BCUT2D eigenvalue weighted by Gasteiger charge is 2.28. The number of hydrogen-bond donors (Lipinski definition) is 0. The Hall–Kier alpha value is -2.84. The summed E-state index contributed by atoms with van der Waals surface area (Å²) >= 11 is 0. The maximum Gasteiger partial charge on any atom is 0.373 e. The van der Waals surface area contributed by atoms with Crippen LogP contribution in [0.4, 0.5) is 0 Å². The fraction of sp³-hybridized carbons (Fsp3) is 0. The van der Waals surface area contributed by atoms with Crippen molar-refractivity contribution in [3.63, 3.8) is 0 Å². The highest BCUT2D eigenvalue weighted by Crippen LogP contribution is 2.26. The van der Waals surface area contributed by atoms with E-state index in [1.165, 1.54) is 0 Å². The van der Waals surface area contributed by atoms with Crippen molar-refractivity contribution in [2.24, 2.45) is 0 Å². The molecule has 0 fully saturated rings. The maximum atomic E-state index is 12.1. The smallest absolute Gasteiger partial charge is 0.289 e. The summed E-state index contributed by atoms with van der Waals surface area (Å²) in [6.07, 6.45) is 0.250. The van der Waals surface area contributed by atoms with Gasteiger partial charge in [0.25, 0.3) is 0 Å². The molecule has 0 saturated carbocycles. The molecule has 3 rings (SSSR count). The molecule has 0 radical (unpaired) electrons. The number of hydrogen-bond acceptors (Lipinski definition) is 4. The molecule has 4 heteroatoms. The van der Waals surface area contributed by atoms with E-state index >= 15 is 0 Å². The van der Waals surface area contributed by atoms with Gasteiger partial charge in [0.15, 0.2) is 11.6 Å². The molecule has 1 aliphatic rings. The summed E-state index contributed by atoms with van der Waals surface area (Å²) in [5, 5.41) is 0. The Morgan fingerprint density at radius 1 is 0.579 bits per heavy atom. The Morgan fingerprint density at radius 3 is 1.00 bits per heavy atom. The predicted octanol–water partition coefficient (Wildman–Crippen LogP) is 1.88. The molecule has 0 spiro atoms. The van der Waals surface area contributed by atoms with Gasteiger partial charge >= 0.3 is 6.15 Å². The highest BCUT2D eigenvalue weighted by molar-refractivity contribution is 6.28. The summed E-state index contributed by atoms with van der Waals surface area (Å²) in [5.41, 5.74) is 2.02. The zero-order chi connectivity index (χ0) is 13.8. The second-order valence-corrected chi connectivity index (χ2v) is 3.83. The molecule has 2 aromatic carbocycles. The molecule has 19 heavy (non-hydrogen) atoms. The van der Waals surface area contributed by atoms with Crippen molar-refractivity contribution in [3.05, 3.63) is 70.8 Å². The van der Waals surface area contributed by atoms with Crippen LogP contribution in [0.15, 0.2) is 48.5 Å². The molecule has 0 bridgehead atoms. The van der Waals surface area contributed by atoms with Crippen LogP contribution in [0.5, 0.6) is 0 Å². The lowest BCUT2D eigenvalue weighted by atomic mass is 9.84. The first-order valence-corrected chi connectivity index (χ1v) is 5.47. The van der Waals surface area contributed by atoms with E-state index < -0.39 is 0 Å². The highest BCUT2D eigenvalue weighted by atomic mass is 16.2. The molecule has 92 valence electrons. The van der Waals surface area contributed by atoms with Crippen molar-refractivity contribution in [2.75, 3.05) is 0 Å². The fourth-order valence-corrected chi connectivity index (χ4v) is 2.05. The van der Waals surface area contributed by atoms with Gasteiger partial charge in [-0.2, -0.15) is 9.59 Å². The van der Waals surface area contributed by atoms with Crippen LogP contribution in [0.25, 0.3) is 0 Å². The van der Waals surface area contributed by atoms with Crippen molar-refractivity contribution in [3.8, 4) is 0 Å². The minimum atomic E-state index is -0.0641. The first kappa shape index (κ1) is 12.6. The molecule has 0 aliphatic heterocycles. The maximum absolute atomic E-state index is 12.1. The third-order valence-electron chi connectivity index (χ3n) is 2.83. The molecule has 0 N–H and O–H groups in total. The lowest BCUT2D eigenvalue weighted by molar-refractivity contribution is -0.191. The number of rotatable bonds is 0. The topological polar surface area (TPSA) is 68.3 Å². The minimum Gasteiger partial charge on any atom is -0.289 e. The van der Waals surface area contributed by atoms with Gasteiger partial charge in [0.2, 0.25) is 0 Å². The Bertz CT molecular complexity index is 589. The predicted molar refractivity (Wildman–Crippen MR) is 64.8 cm³/mol. The third-order valence-corrected chi connectivity index (χ3v) is 2.83. The van der Waals surface area contributed by atoms with Crippen molar-refractivity contribution >= 4 is 17.7 Å². The van der Waals surface area contributed by atoms with Crippen LogP contribution in [0.2, 0.25) is 0 Å². The molecule has 0 saturated heterocycles. The molecule has 2 aromatic rings. The van der Waals surface area contributed by atoms with Crippen LogP contribution in [0, 0.1) is 0 Å². The molecular formula is C15H8O4. The van der Waals surface area contributed by atoms with Crippen LogP contribution in [0.3, 0.4) is 0 Å². The van der Waals surface area contributed by atoms with E-state index in [1.54, 1.807) is 48.5 Å². The van der Waals surface area contributed by atoms with E-state index in [0.717, 1.165) is 0 Å². The van der Waals surface area contributed by atoms with Gasteiger partial charge in [0.1, 0.15) is 0 Å². The summed E-state index contributed by atoms with van der Waals surface area (Å²) in [6.45, 7) is 0. The van der Waals surface area contributed by atoms with E-state index in [0.29, 0.717) is 22.3 Å². The quantitative estimate of drug-likeness (QED) is 0.612. The van der Waals surface area contributed by atoms with E-state index in [4.69, 9.17) is 9.59 Å². The average Bonchev–Trinajstić information content (AvgIpc) is 2.46. The second-order valence-electron chi connectivity index (χ2n) is 3.83. The molecule has 0 atom stereocenters. The Morgan fingerprint density at radius 2 is 0.789 bits per heavy atom. The first-order chi connectivity index (χ1) is 9.20. The van der Waals surface area contributed by atoms with E-state index in [9.17, 15) is 9.59 Å². The fourth-order valence-electron chi connectivity index (χ4n) is 2.05. The van der Waals surface area contributed by atoms with Crippen LogP contribution in [-0.2, 0) is 9.59 Å². The second kappa shape index (κ2) is 5.21. The average molecular weight is 252 g/mol. The molecule has 1 aliphatic carbocycles. The van der Waals surface area contributed by atoms with Crippen LogP contribution in [0.1, 0.15) is 31.8 Å². The van der Waals surface area contributed by atoms with E-state index in [1.807, 2.05) is 0 Å². The summed E-state index contributed by atoms with van der Waals surface area (Å²) < 4.78 is 0. The summed E-state index contributed by atoms with van der Waals surface area (Å²) in [6, 6.07) is 13.9. The summed E-state index contributed by atoms with van der Waals surface area (Å²) in [7, 11) is 0. The van der Waals surface area contributed by atoms with Crippen LogP contribution >= 0.6 is 0 Å². The molecule has 4 nitrogen and oxygen atoms in total. The number of benzene rings is 2. The van der Waals surface area contributed by atoms with Crippen LogP contribution < -0.4 is 0 Å². The van der Waals surface area contributed by atoms with Gasteiger partial charge in [-0.25, -0.2) is 0 Å². The van der Waals surface area contributed by atoms with Gasteiger partial charge in [0.05, 0.1) is 0 Å². The molecule has 0 heterocycles. The normalized spacial score (nSPS) is 11.6. The monoisotopic (exact) mass is 252 g/mol. The standard InChI is InChI=1S/C14H8O2.CO2/c15-13-9-5-1-2-6-10(9)14(16)12-8-4-3-7-11(12)13;2-1-3/h1-8H;. The molecule has 0 amide bonds. The first-order valence-electron chi connectivity index (χ1n) is 5.47. The van der Waals surface area contributed by atoms with Gasteiger partial charge in [-0.05, 0) is 0 Å². The Balaban J connectivity index is 0.000000408. The SMILES string of the molecule is O=C1c2ccccc2C(=O)c2ccccc21.O=C=O. The van der Waals surface area contributed by atoms with E-state index in [-0.39, 0.29) is 17.7 Å². The van der Waals surface area contributed by atoms with Crippen molar-refractivity contribution in [1.29, 1.82) is 0 Å². The zero-order valence-electron chi connectivity index (χ0n) is 9.75. The van der Waals surface area contributed by atoms with Crippen molar-refractivity contribution < 1.29 is 19.2 Å². The van der Waals surface area contributed by atoms with Gasteiger partial charge in [-0.3, -0.25) is 9.59 Å². The lowest BCUT2D eigenvalue weighted by Gasteiger charge is -2.16. The summed E-state index contributed by atoms with van der Waals surface area (Å²) in [5.74, 6) is -0.128. The molecular weight excluding hydrogens is 244 g/mol. The summed E-state index contributed by atoms with van der Waals surface area (Å²) in [4.78, 5) is 40.5. The molecule has 0 unspecified atom stereocenters. The number of fused-ring (bicyclic) bond motifs is 2. The Kier molecular flexibility index (Phi) is 3.46. The van der Waals surface area contributed by atoms with Gasteiger partial charge in [-0.1, -0.05) is 48.5 Å². The van der Waals surface area contributed by atoms with Gasteiger partial charge in [-0.15, -0.1) is 0 Å². The van der Waals surface area contributed by atoms with E-state index in [2.05, 4.69) is 0 Å².